The molecular weight excluding hydrogens is 294 g/mol. The third-order valence-corrected chi connectivity index (χ3v) is 3.21. The van der Waals surface area contributed by atoms with E-state index in [4.69, 9.17) is 11.6 Å². The monoisotopic (exact) mass is 309 g/mol. The van der Waals surface area contributed by atoms with Crippen molar-refractivity contribution in [1.29, 1.82) is 0 Å². The molecule has 0 saturated carbocycles. The van der Waals surface area contributed by atoms with Gasteiger partial charge in [-0.2, -0.15) is 5.10 Å². The molecule has 1 aromatic heterocycles. The van der Waals surface area contributed by atoms with Crippen molar-refractivity contribution in [3.05, 3.63) is 45.1 Å². The Morgan fingerprint density at radius 2 is 2.24 bits per heavy atom. The first kappa shape index (κ1) is 15.1. The molecule has 0 radical (unpaired) electrons. The lowest BCUT2D eigenvalue weighted by molar-refractivity contribution is 0.249. The van der Waals surface area contributed by atoms with Crippen LogP contribution in [0, 0.1) is 0 Å². The summed E-state index contributed by atoms with van der Waals surface area (Å²) in [4.78, 5) is 25.4. The molecule has 0 bridgehead atoms. The number of urea groups is 1. The summed E-state index contributed by atoms with van der Waals surface area (Å²) in [7, 11) is 0. The van der Waals surface area contributed by atoms with Gasteiger partial charge in [-0.15, -0.1) is 0 Å². The highest BCUT2D eigenvalue weighted by atomic mass is 35.5. The Bertz CT molecular complexity index is 694. The molecule has 1 aromatic carbocycles. The Morgan fingerprint density at radius 3 is 2.86 bits per heavy atom. The van der Waals surface area contributed by atoms with Gasteiger partial charge in [-0.3, -0.25) is 4.98 Å². The van der Waals surface area contributed by atoms with Crippen LogP contribution in [0.4, 0.5) is 10.5 Å². The number of nitrogens with one attached hydrogen (secondary N) is 4. The summed E-state index contributed by atoms with van der Waals surface area (Å²) in [6.45, 7) is 3.69. The first-order chi connectivity index (χ1) is 9.99. The van der Waals surface area contributed by atoms with Gasteiger partial charge in [-0.25, -0.2) is 14.7 Å². The zero-order valence-corrected chi connectivity index (χ0v) is 12.4. The third kappa shape index (κ3) is 3.85. The Kier molecular flexibility index (Phi) is 4.64. The van der Waals surface area contributed by atoms with Crippen molar-refractivity contribution in [2.24, 2.45) is 0 Å². The number of nitrogens with zero attached hydrogens (tertiary/aromatic N) is 1. The lowest BCUT2D eigenvalue weighted by Gasteiger charge is -2.14. The second kappa shape index (κ2) is 6.45. The SMILES string of the molecule is CCc1cc(Cl)ccc1NC(=O)NC(C)c1n[nH]c(=O)[nH]1. The molecular formula is C13H16ClN5O2. The number of carbonyl (C=O) groups excluding carboxylic acids is 1. The smallest absolute Gasteiger partial charge is 0.328 e. The van der Waals surface area contributed by atoms with Gasteiger partial charge in [-0.05, 0) is 37.1 Å². The molecule has 7 nitrogen and oxygen atoms in total. The highest BCUT2D eigenvalue weighted by molar-refractivity contribution is 6.30. The van der Waals surface area contributed by atoms with E-state index in [1.807, 2.05) is 13.0 Å². The molecule has 1 heterocycles. The van der Waals surface area contributed by atoms with Crippen LogP contribution >= 0.6 is 11.6 Å². The van der Waals surface area contributed by atoms with E-state index in [2.05, 4.69) is 25.8 Å². The third-order valence-electron chi connectivity index (χ3n) is 2.97. The van der Waals surface area contributed by atoms with Crippen molar-refractivity contribution in [2.45, 2.75) is 26.3 Å². The fourth-order valence-corrected chi connectivity index (χ4v) is 2.08. The molecule has 1 unspecified atom stereocenters. The summed E-state index contributed by atoms with van der Waals surface area (Å²) in [6, 6.07) is 4.46. The van der Waals surface area contributed by atoms with E-state index in [0.29, 0.717) is 16.5 Å². The van der Waals surface area contributed by atoms with Crippen molar-refractivity contribution in [3.63, 3.8) is 0 Å². The van der Waals surface area contributed by atoms with Crippen molar-refractivity contribution in [3.8, 4) is 0 Å². The van der Waals surface area contributed by atoms with E-state index >= 15 is 0 Å². The number of hydrogen-bond acceptors (Lipinski definition) is 3. The lowest BCUT2D eigenvalue weighted by Crippen LogP contribution is -2.32. The highest BCUT2D eigenvalue weighted by Gasteiger charge is 2.13. The van der Waals surface area contributed by atoms with E-state index in [1.165, 1.54) is 0 Å². The Morgan fingerprint density at radius 1 is 1.48 bits per heavy atom. The molecule has 0 fully saturated rings. The van der Waals surface area contributed by atoms with Gasteiger partial charge < -0.3 is 10.6 Å². The van der Waals surface area contributed by atoms with Crippen LogP contribution in [0.25, 0.3) is 0 Å². The number of hydrogen-bond donors (Lipinski definition) is 4. The van der Waals surface area contributed by atoms with Crippen molar-refractivity contribution in [2.75, 3.05) is 5.32 Å². The summed E-state index contributed by atoms with van der Waals surface area (Å²) in [6.07, 6.45) is 0.748. The molecule has 112 valence electrons. The molecule has 8 heteroatoms. The number of aromatic nitrogens is 3. The Labute approximate surface area is 126 Å². The number of amides is 2. The van der Waals surface area contributed by atoms with Crippen LogP contribution in [-0.4, -0.2) is 21.2 Å². The fraction of sp³-hybridized carbons (Fsp3) is 0.308. The summed E-state index contributed by atoms with van der Waals surface area (Å²) >= 11 is 5.93. The predicted molar refractivity (Wildman–Crippen MR) is 80.6 cm³/mol. The maximum absolute atomic E-state index is 12.0. The summed E-state index contributed by atoms with van der Waals surface area (Å²) < 4.78 is 0. The molecule has 2 aromatic rings. The van der Waals surface area contributed by atoms with Gasteiger partial charge >= 0.3 is 11.7 Å². The minimum atomic E-state index is -0.429. The topological polar surface area (TPSA) is 103 Å². The Hall–Kier alpha value is -2.28. The molecule has 0 spiro atoms. The van der Waals surface area contributed by atoms with Gasteiger partial charge in [0.1, 0.15) is 0 Å². The maximum atomic E-state index is 12.0. The average Bonchev–Trinajstić information content (AvgIpc) is 2.87. The molecule has 1 atom stereocenters. The van der Waals surface area contributed by atoms with Gasteiger partial charge in [0.05, 0.1) is 6.04 Å². The lowest BCUT2D eigenvalue weighted by atomic mass is 10.1. The number of aromatic amines is 2. The van der Waals surface area contributed by atoms with E-state index in [1.54, 1.807) is 19.1 Å². The largest absolute Gasteiger partial charge is 0.340 e. The summed E-state index contributed by atoms with van der Waals surface area (Å²) in [5, 5.41) is 12.1. The van der Waals surface area contributed by atoms with Gasteiger partial charge in [0.2, 0.25) is 0 Å². The van der Waals surface area contributed by atoms with Crippen LogP contribution in [0.1, 0.15) is 31.3 Å². The minimum absolute atomic E-state index is 0.363. The van der Waals surface area contributed by atoms with Gasteiger partial charge in [0.15, 0.2) is 5.82 Å². The summed E-state index contributed by atoms with van der Waals surface area (Å²) in [5.74, 6) is 0.363. The molecule has 0 aliphatic carbocycles. The molecule has 2 amide bonds. The minimum Gasteiger partial charge on any atom is -0.328 e. The van der Waals surface area contributed by atoms with Gasteiger partial charge in [-0.1, -0.05) is 18.5 Å². The van der Waals surface area contributed by atoms with Gasteiger partial charge in [0, 0.05) is 10.7 Å². The van der Waals surface area contributed by atoms with Crippen LogP contribution in [0.5, 0.6) is 0 Å². The molecule has 0 aliphatic rings. The van der Waals surface area contributed by atoms with E-state index < -0.39 is 11.7 Å². The second-order valence-corrected chi connectivity index (χ2v) is 4.97. The Balaban J connectivity index is 2.03. The van der Waals surface area contributed by atoms with Crippen molar-refractivity contribution in [1.82, 2.24) is 20.5 Å². The van der Waals surface area contributed by atoms with E-state index in [0.717, 1.165) is 12.0 Å². The number of anilines is 1. The zero-order chi connectivity index (χ0) is 15.4. The first-order valence-electron chi connectivity index (χ1n) is 6.50. The number of halogens is 1. The molecule has 4 N–H and O–H groups in total. The highest BCUT2D eigenvalue weighted by Crippen LogP contribution is 2.21. The van der Waals surface area contributed by atoms with Crippen LogP contribution in [-0.2, 0) is 6.42 Å². The van der Waals surface area contributed by atoms with E-state index in [-0.39, 0.29) is 6.03 Å². The number of H-pyrrole nitrogens is 2. The number of rotatable bonds is 4. The standard InChI is InChI=1S/C13H16ClN5O2/c1-3-8-6-9(14)4-5-10(8)16-12(20)15-7(2)11-17-13(21)19-18-11/h4-7H,3H2,1-2H3,(H2,15,16,20)(H2,17,18,19,21). The average molecular weight is 310 g/mol. The quantitative estimate of drug-likeness (QED) is 0.696. The number of aryl methyl sites for hydroxylation is 1. The van der Waals surface area contributed by atoms with Crippen LogP contribution in [0.2, 0.25) is 5.02 Å². The van der Waals surface area contributed by atoms with Crippen LogP contribution < -0.4 is 16.3 Å². The number of benzene rings is 1. The first-order valence-corrected chi connectivity index (χ1v) is 6.88. The van der Waals surface area contributed by atoms with Crippen LogP contribution in [0.3, 0.4) is 0 Å². The fourth-order valence-electron chi connectivity index (χ4n) is 1.89. The molecule has 2 rings (SSSR count). The molecule has 21 heavy (non-hydrogen) atoms. The summed E-state index contributed by atoms with van der Waals surface area (Å²) in [5.41, 5.74) is 1.23. The van der Waals surface area contributed by atoms with Crippen molar-refractivity contribution < 1.29 is 4.79 Å². The number of carbonyl (C=O) groups is 1. The van der Waals surface area contributed by atoms with Crippen LogP contribution in [0.15, 0.2) is 23.0 Å². The zero-order valence-electron chi connectivity index (χ0n) is 11.7. The van der Waals surface area contributed by atoms with E-state index in [9.17, 15) is 9.59 Å². The van der Waals surface area contributed by atoms with Crippen molar-refractivity contribution >= 4 is 23.3 Å². The second-order valence-electron chi connectivity index (χ2n) is 4.54. The molecule has 0 aliphatic heterocycles. The van der Waals surface area contributed by atoms with Gasteiger partial charge in [0.25, 0.3) is 0 Å². The maximum Gasteiger partial charge on any atom is 0.340 e. The molecule has 0 saturated heterocycles. The normalized spacial score (nSPS) is 12.0. The predicted octanol–water partition coefficient (Wildman–Crippen LogP) is 2.20.